The van der Waals surface area contributed by atoms with Crippen molar-refractivity contribution in [2.24, 2.45) is 0 Å². The average molecular weight is 332 g/mol. The summed E-state index contributed by atoms with van der Waals surface area (Å²) in [6.07, 6.45) is 0.545. The van der Waals surface area contributed by atoms with Crippen molar-refractivity contribution in [1.82, 2.24) is 9.80 Å². The van der Waals surface area contributed by atoms with Gasteiger partial charge in [-0.25, -0.2) is 9.69 Å². The molecule has 0 saturated carbocycles. The van der Waals surface area contributed by atoms with Crippen molar-refractivity contribution < 1.29 is 19.2 Å². The summed E-state index contributed by atoms with van der Waals surface area (Å²) in [5, 5.41) is 2.60. The lowest BCUT2D eigenvalue weighted by atomic mass is 10.2. The van der Waals surface area contributed by atoms with Crippen LogP contribution in [0.3, 0.4) is 0 Å². The van der Waals surface area contributed by atoms with Gasteiger partial charge in [0.15, 0.2) is 0 Å². The van der Waals surface area contributed by atoms with Crippen LogP contribution in [0.2, 0.25) is 0 Å². The Labute approximate surface area is 140 Å². The zero-order chi connectivity index (χ0) is 17.9. The topological polar surface area (TPSA) is 90.0 Å². The Morgan fingerprint density at radius 2 is 1.62 bits per heavy atom. The Bertz CT molecular complexity index is 669. The molecule has 0 aliphatic carbocycles. The van der Waals surface area contributed by atoms with Crippen molar-refractivity contribution in [2.45, 2.75) is 13.3 Å². The van der Waals surface area contributed by atoms with E-state index in [1.54, 1.807) is 19.1 Å². The van der Waals surface area contributed by atoms with Crippen LogP contribution in [0.5, 0.6) is 0 Å². The van der Waals surface area contributed by atoms with E-state index in [1.807, 2.05) is 31.1 Å². The molecule has 0 unspecified atom stereocenters. The zero-order valence-electron chi connectivity index (χ0n) is 13.9. The van der Waals surface area contributed by atoms with Crippen LogP contribution in [-0.2, 0) is 14.4 Å². The van der Waals surface area contributed by atoms with Crippen molar-refractivity contribution >= 4 is 35.1 Å². The van der Waals surface area contributed by atoms with Gasteiger partial charge in [-0.05, 0) is 30.7 Å². The minimum absolute atomic E-state index is 0.160. The number of amides is 5. The first-order valence-electron chi connectivity index (χ1n) is 7.59. The zero-order valence-corrected chi connectivity index (χ0v) is 13.9. The minimum atomic E-state index is -0.966. The second-order valence-corrected chi connectivity index (χ2v) is 5.62. The first-order valence-corrected chi connectivity index (χ1v) is 7.59. The summed E-state index contributed by atoms with van der Waals surface area (Å²) in [5.41, 5.74) is 1.51. The monoisotopic (exact) mass is 332 g/mol. The highest BCUT2D eigenvalue weighted by molar-refractivity contribution is 6.45. The maximum absolute atomic E-state index is 12.1. The van der Waals surface area contributed by atoms with Crippen molar-refractivity contribution in [3.63, 3.8) is 0 Å². The third-order valence-corrected chi connectivity index (χ3v) is 3.55. The summed E-state index contributed by atoms with van der Waals surface area (Å²) in [6, 6.07) is 6.35. The third kappa shape index (κ3) is 3.53. The summed E-state index contributed by atoms with van der Waals surface area (Å²) in [5.74, 6) is -2.39. The first-order chi connectivity index (χ1) is 11.3. The van der Waals surface area contributed by atoms with Gasteiger partial charge in [0.2, 0.25) is 5.91 Å². The molecule has 1 aromatic rings. The molecule has 0 atom stereocenters. The maximum Gasteiger partial charge on any atom is 0.334 e. The van der Waals surface area contributed by atoms with Crippen LogP contribution in [0.15, 0.2) is 24.3 Å². The average Bonchev–Trinajstić information content (AvgIpc) is 2.73. The van der Waals surface area contributed by atoms with E-state index >= 15 is 0 Å². The van der Waals surface area contributed by atoms with Gasteiger partial charge in [0.25, 0.3) is 0 Å². The van der Waals surface area contributed by atoms with Gasteiger partial charge >= 0.3 is 17.8 Å². The lowest BCUT2D eigenvalue weighted by Gasteiger charge is -2.15. The number of hydrogen-bond donors (Lipinski definition) is 1. The quantitative estimate of drug-likeness (QED) is 0.617. The number of hydrogen-bond acceptors (Lipinski definition) is 5. The van der Waals surface area contributed by atoms with E-state index in [-0.39, 0.29) is 6.54 Å². The molecule has 0 aromatic heterocycles. The Balaban J connectivity index is 2.00. The van der Waals surface area contributed by atoms with E-state index in [0.717, 1.165) is 10.6 Å². The standard InChI is InChI=1S/C16H20N4O4/c1-4-9-19-14(22)15(23)20(16(19)24)10-13(21)17-11-5-7-12(8-6-11)18(2)3/h5-8H,4,9-10H2,1-3H3,(H,17,21). The van der Waals surface area contributed by atoms with Gasteiger partial charge in [-0.3, -0.25) is 19.3 Å². The predicted octanol–water partition coefficient (Wildman–Crippen LogP) is 0.892. The molecular formula is C16H20N4O4. The fourth-order valence-electron chi connectivity index (χ4n) is 2.30. The van der Waals surface area contributed by atoms with E-state index in [4.69, 9.17) is 0 Å². The second kappa shape index (κ2) is 7.12. The Morgan fingerprint density at radius 1 is 1.04 bits per heavy atom. The van der Waals surface area contributed by atoms with Crippen molar-refractivity contribution in [1.29, 1.82) is 0 Å². The number of urea groups is 1. The fourth-order valence-corrected chi connectivity index (χ4v) is 2.30. The molecule has 8 nitrogen and oxygen atoms in total. The Hall–Kier alpha value is -2.90. The molecule has 1 aliphatic heterocycles. The Morgan fingerprint density at radius 3 is 2.17 bits per heavy atom. The lowest BCUT2D eigenvalue weighted by molar-refractivity contribution is -0.143. The summed E-state index contributed by atoms with van der Waals surface area (Å²) in [4.78, 5) is 51.1. The van der Waals surface area contributed by atoms with Gasteiger partial charge in [-0.2, -0.15) is 0 Å². The molecule has 8 heteroatoms. The van der Waals surface area contributed by atoms with Crippen LogP contribution in [-0.4, -0.2) is 60.7 Å². The van der Waals surface area contributed by atoms with Gasteiger partial charge < -0.3 is 10.2 Å². The van der Waals surface area contributed by atoms with Crippen LogP contribution in [0, 0.1) is 0 Å². The number of carbonyl (C=O) groups is 4. The smallest absolute Gasteiger partial charge is 0.334 e. The molecule has 1 aromatic carbocycles. The molecule has 1 saturated heterocycles. The summed E-state index contributed by atoms with van der Waals surface area (Å²) >= 11 is 0. The highest BCUT2D eigenvalue weighted by Crippen LogP contribution is 2.16. The molecule has 2 rings (SSSR count). The Kier molecular flexibility index (Phi) is 5.18. The van der Waals surface area contributed by atoms with Gasteiger partial charge in [0, 0.05) is 32.0 Å². The van der Waals surface area contributed by atoms with E-state index in [9.17, 15) is 19.2 Å². The first kappa shape index (κ1) is 17.5. The number of rotatable bonds is 6. The van der Waals surface area contributed by atoms with Gasteiger partial charge in [0.1, 0.15) is 6.54 Å². The van der Waals surface area contributed by atoms with Gasteiger partial charge in [0.05, 0.1) is 0 Å². The van der Waals surface area contributed by atoms with Gasteiger partial charge in [-0.1, -0.05) is 6.92 Å². The minimum Gasteiger partial charge on any atom is -0.378 e. The van der Waals surface area contributed by atoms with Gasteiger partial charge in [-0.15, -0.1) is 0 Å². The molecule has 5 amide bonds. The molecule has 0 radical (unpaired) electrons. The number of anilines is 2. The molecule has 0 bridgehead atoms. The molecule has 1 aliphatic rings. The van der Waals surface area contributed by atoms with Crippen LogP contribution in [0.25, 0.3) is 0 Å². The van der Waals surface area contributed by atoms with Crippen molar-refractivity contribution in [2.75, 3.05) is 37.4 Å². The van der Waals surface area contributed by atoms with Crippen LogP contribution in [0.1, 0.15) is 13.3 Å². The molecule has 1 heterocycles. The predicted molar refractivity (Wildman–Crippen MR) is 88.5 cm³/mol. The number of nitrogens with one attached hydrogen (secondary N) is 1. The molecule has 0 spiro atoms. The summed E-state index contributed by atoms with van der Waals surface area (Å²) < 4.78 is 0. The number of carbonyl (C=O) groups excluding carboxylic acids is 4. The number of nitrogens with zero attached hydrogens (tertiary/aromatic N) is 3. The molecular weight excluding hydrogens is 312 g/mol. The van der Waals surface area contributed by atoms with E-state index in [1.165, 1.54) is 0 Å². The van der Waals surface area contributed by atoms with E-state index in [0.29, 0.717) is 17.0 Å². The van der Waals surface area contributed by atoms with Crippen LogP contribution >= 0.6 is 0 Å². The maximum atomic E-state index is 12.1. The van der Waals surface area contributed by atoms with Crippen molar-refractivity contribution in [3.05, 3.63) is 24.3 Å². The molecule has 24 heavy (non-hydrogen) atoms. The van der Waals surface area contributed by atoms with Crippen molar-refractivity contribution in [3.8, 4) is 0 Å². The third-order valence-electron chi connectivity index (χ3n) is 3.55. The molecule has 128 valence electrons. The normalized spacial score (nSPS) is 14.4. The largest absolute Gasteiger partial charge is 0.378 e. The lowest BCUT2D eigenvalue weighted by Crippen LogP contribution is -2.39. The highest BCUT2D eigenvalue weighted by atomic mass is 16.2. The summed E-state index contributed by atoms with van der Waals surface area (Å²) in [7, 11) is 3.80. The summed E-state index contributed by atoms with van der Waals surface area (Å²) in [6.45, 7) is 1.46. The van der Waals surface area contributed by atoms with E-state index in [2.05, 4.69) is 5.32 Å². The van der Waals surface area contributed by atoms with Crippen LogP contribution in [0.4, 0.5) is 16.2 Å². The SMILES string of the molecule is CCCN1C(=O)C(=O)N(CC(=O)Nc2ccc(N(C)C)cc2)C1=O. The highest BCUT2D eigenvalue weighted by Gasteiger charge is 2.44. The fraction of sp³-hybridized carbons (Fsp3) is 0.375. The number of benzene rings is 1. The second-order valence-electron chi connectivity index (χ2n) is 5.62. The number of imide groups is 2. The molecule has 1 fully saturated rings. The van der Waals surface area contributed by atoms with E-state index < -0.39 is 30.3 Å². The van der Waals surface area contributed by atoms with Crippen LogP contribution < -0.4 is 10.2 Å². The molecule has 1 N–H and O–H groups in total.